The van der Waals surface area contributed by atoms with Crippen molar-refractivity contribution in [3.05, 3.63) is 0 Å². The number of carbonyl (C=O) groups is 2. The normalized spacial score (nSPS) is 10.9. The molecule has 0 amide bonds. The number of carboxylic acids is 2. The molecule has 8 heavy (non-hydrogen) atoms. The minimum atomic E-state index is -1.58. The van der Waals surface area contributed by atoms with Gasteiger partial charge in [0.05, 0.1) is 0 Å². The number of rotatable bonds is 2. The van der Waals surface area contributed by atoms with E-state index in [4.69, 9.17) is 11.6 Å². The van der Waals surface area contributed by atoms with Gasteiger partial charge in [0.2, 0.25) is 0 Å². The molecule has 0 saturated carbocycles. The lowest BCUT2D eigenvalue weighted by atomic mass is 10.2. The first-order valence-corrected chi connectivity index (χ1v) is 1.84. The quantitative estimate of drug-likeness (QED) is 0.493. The van der Waals surface area contributed by atoms with Gasteiger partial charge in [-0.2, -0.15) is 0 Å². The van der Waals surface area contributed by atoms with E-state index in [2.05, 4.69) is 0 Å². The van der Waals surface area contributed by atoms with E-state index in [9.17, 15) is 9.59 Å². The van der Waals surface area contributed by atoms with Crippen LogP contribution in [0.2, 0.25) is 0 Å². The van der Waals surface area contributed by atoms with Gasteiger partial charge in [0.1, 0.15) is 0 Å². The monoisotopic (exact) mass is 119 g/mol. The van der Waals surface area contributed by atoms with Gasteiger partial charge in [0.15, 0.2) is 5.92 Å². The van der Waals surface area contributed by atoms with E-state index in [1.165, 1.54) is 0 Å². The molecule has 46 valence electrons. The Labute approximate surface area is 47.2 Å². The second-order valence-electron chi connectivity index (χ2n) is 1.23. The maximum absolute atomic E-state index is 9.87. The zero-order valence-electron chi connectivity index (χ0n) is 5.00. The van der Waals surface area contributed by atoms with Crippen molar-refractivity contribution in [1.82, 2.24) is 0 Å². The van der Waals surface area contributed by atoms with Crippen LogP contribution < -0.4 is 0 Å². The van der Waals surface area contributed by atoms with E-state index >= 15 is 0 Å². The smallest absolute Gasteiger partial charge is 0.317 e. The number of aliphatic carboxylic acids is 2. The van der Waals surface area contributed by atoms with Crippen molar-refractivity contribution in [2.45, 2.75) is 6.90 Å². The predicted octanol–water partition coefficient (Wildman–Crippen LogP) is -0.208. The second kappa shape index (κ2) is 2.30. The van der Waals surface area contributed by atoms with Gasteiger partial charge in [-0.15, -0.1) is 0 Å². The van der Waals surface area contributed by atoms with Crippen molar-refractivity contribution >= 4 is 11.9 Å². The molecule has 0 unspecified atom stereocenters. The Morgan fingerprint density at radius 2 is 1.88 bits per heavy atom. The molecular formula is C4H6O4. The van der Waals surface area contributed by atoms with Gasteiger partial charge < -0.3 is 10.2 Å². The maximum atomic E-state index is 9.87. The van der Waals surface area contributed by atoms with Crippen LogP contribution in [-0.4, -0.2) is 22.2 Å². The third-order valence-electron chi connectivity index (χ3n) is 0.596. The summed E-state index contributed by atoms with van der Waals surface area (Å²) < 4.78 is 6.46. The number of carboxylic acid groups (broad SMARTS) is 2. The van der Waals surface area contributed by atoms with Crippen LogP contribution in [0.25, 0.3) is 0 Å². The second-order valence-corrected chi connectivity index (χ2v) is 1.23. The van der Waals surface area contributed by atoms with E-state index in [0.717, 1.165) is 0 Å². The molecule has 0 fully saturated rings. The summed E-state index contributed by atoms with van der Waals surface area (Å²) >= 11 is 0. The lowest BCUT2D eigenvalue weighted by Crippen LogP contribution is -2.19. The summed E-state index contributed by atoms with van der Waals surface area (Å²) in [6.45, 7) is -0.620. The Kier molecular flexibility index (Phi) is 1.46. The summed E-state index contributed by atoms with van der Waals surface area (Å²) in [7, 11) is 0. The fraction of sp³-hybridized carbons (Fsp3) is 0.500. The van der Waals surface area contributed by atoms with Crippen LogP contribution in [0.3, 0.4) is 0 Å². The highest BCUT2D eigenvalue weighted by Gasteiger charge is 2.18. The van der Waals surface area contributed by atoms with Crippen molar-refractivity contribution < 1.29 is 21.2 Å². The van der Waals surface area contributed by atoms with E-state index in [1.807, 2.05) is 0 Å². The standard InChI is InChI=1S/C4H6O4/c1-2(3(5)6)4(7)8/h2H,1H3,(H,5,6)(H,7,8)/i1D. The van der Waals surface area contributed by atoms with E-state index in [1.54, 1.807) is 0 Å². The fourth-order valence-electron chi connectivity index (χ4n) is 0.106. The highest BCUT2D eigenvalue weighted by atomic mass is 16.4. The fourth-order valence-corrected chi connectivity index (χ4v) is 0.106. The van der Waals surface area contributed by atoms with Crippen molar-refractivity contribution in [3.63, 3.8) is 0 Å². The summed E-state index contributed by atoms with van der Waals surface area (Å²) in [5.41, 5.74) is 0. The van der Waals surface area contributed by atoms with Crippen molar-refractivity contribution in [1.29, 1.82) is 0 Å². The van der Waals surface area contributed by atoms with Gasteiger partial charge in [-0.05, 0) is 6.90 Å². The first-order chi connectivity index (χ1) is 4.09. The predicted molar refractivity (Wildman–Crippen MR) is 24.4 cm³/mol. The molecule has 0 bridgehead atoms. The van der Waals surface area contributed by atoms with Gasteiger partial charge in [-0.25, -0.2) is 0 Å². The molecule has 4 nitrogen and oxygen atoms in total. The van der Waals surface area contributed by atoms with E-state index in [0.29, 0.717) is 0 Å². The molecule has 0 aliphatic carbocycles. The Hall–Kier alpha value is -1.06. The molecule has 2 N–H and O–H groups in total. The van der Waals surface area contributed by atoms with Crippen LogP contribution in [0.1, 0.15) is 8.27 Å². The molecule has 0 aromatic heterocycles. The Balaban J connectivity index is 3.99. The van der Waals surface area contributed by atoms with Gasteiger partial charge >= 0.3 is 11.9 Å². The molecule has 0 aliphatic rings. The van der Waals surface area contributed by atoms with Crippen LogP contribution in [0.15, 0.2) is 0 Å². The molecule has 0 heterocycles. The van der Waals surface area contributed by atoms with Gasteiger partial charge in [0, 0.05) is 1.37 Å². The van der Waals surface area contributed by atoms with E-state index in [-0.39, 0.29) is 0 Å². The minimum Gasteiger partial charge on any atom is -0.481 e. The van der Waals surface area contributed by atoms with Crippen LogP contribution >= 0.6 is 0 Å². The Morgan fingerprint density at radius 3 is 1.88 bits per heavy atom. The molecule has 0 aromatic rings. The van der Waals surface area contributed by atoms with Crippen LogP contribution in [0, 0.1) is 5.92 Å². The lowest BCUT2D eigenvalue weighted by Gasteiger charge is -1.94. The summed E-state index contributed by atoms with van der Waals surface area (Å²) in [6, 6.07) is 0. The Bertz CT molecular complexity index is 119. The molecule has 0 atom stereocenters. The topological polar surface area (TPSA) is 74.6 Å². The molecule has 0 saturated heterocycles. The largest absolute Gasteiger partial charge is 0.481 e. The molecule has 0 rings (SSSR count). The molecule has 0 radical (unpaired) electrons. The molecule has 0 aliphatic heterocycles. The average molecular weight is 119 g/mol. The van der Waals surface area contributed by atoms with Gasteiger partial charge in [0.25, 0.3) is 0 Å². The van der Waals surface area contributed by atoms with Gasteiger partial charge in [-0.3, -0.25) is 9.59 Å². The van der Waals surface area contributed by atoms with Crippen molar-refractivity contribution in [2.75, 3.05) is 0 Å². The number of hydrogen-bond acceptors (Lipinski definition) is 2. The van der Waals surface area contributed by atoms with Gasteiger partial charge in [-0.1, -0.05) is 0 Å². The summed E-state index contributed by atoms with van der Waals surface area (Å²) in [6.07, 6.45) is 0. The first kappa shape index (κ1) is 5.08. The molecule has 0 spiro atoms. The first-order valence-electron chi connectivity index (χ1n) is 2.55. The third kappa shape index (κ3) is 1.59. The average Bonchev–Trinajstić information content (AvgIpc) is 1.64. The van der Waals surface area contributed by atoms with Crippen molar-refractivity contribution in [3.8, 4) is 0 Å². The summed E-state index contributed by atoms with van der Waals surface area (Å²) in [4.78, 5) is 19.7. The highest BCUT2D eigenvalue weighted by molar-refractivity contribution is 5.92. The zero-order chi connectivity index (χ0) is 7.44. The third-order valence-corrected chi connectivity index (χ3v) is 0.596. The molecule has 0 aromatic carbocycles. The zero-order valence-corrected chi connectivity index (χ0v) is 4.00. The van der Waals surface area contributed by atoms with E-state index < -0.39 is 24.8 Å². The maximum Gasteiger partial charge on any atom is 0.317 e. The molecular weight excluding hydrogens is 112 g/mol. The van der Waals surface area contributed by atoms with Crippen LogP contribution in [0.4, 0.5) is 0 Å². The summed E-state index contributed by atoms with van der Waals surface area (Å²) in [5.74, 6) is -4.50. The summed E-state index contributed by atoms with van der Waals surface area (Å²) in [5, 5.41) is 16.1. The van der Waals surface area contributed by atoms with Crippen molar-refractivity contribution in [2.24, 2.45) is 5.92 Å². The minimum absolute atomic E-state index is 0.620. The highest BCUT2D eigenvalue weighted by Crippen LogP contribution is 1.91. The lowest BCUT2D eigenvalue weighted by molar-refractivity contribution is -0.153. The Morgan fingerprint density at radius 1 is 1.50 bits per heavy atom. The molecule has 4 heteroatoms. The number of hydrogen-bond donors (Lipinski definition) is 2. The van der Waals surface area contributed by atoms with Crippen LogP contribution in [-0.2, 0) is 9.59 Å². The van der Waals surface area contributed by atoms with Crippen LogP contribution in [0.5, 0.6) is 0 Å². The SMILES string of the molecule is [2H]CC(C(=O)O)C(=O)O.